The van der Waals surface area contributed by atoms with Crippen LogP contribution in [0.4, 0.5) is 0 Å². The molecule has 0 saturated carbocycles. The SMILES string of the molecule is COc1ccccc1CNC(=O)C(=O)NCC1(O)Cc2ccccc2C1. The van der Waals surface area contributed by atoms with Gasteiger partial charge in [-0.15, -0.1) is 0 Å². The van der Waals surface area contributed by atoms with Gasteiger partial charge in [0.25, 0.3) is 0 Å². The summed E-state index contributed by atoms with van der Waals surface area (Å²) >= 11 is 0. The molecule has 2 aromatic carbocycles. The summed E-state index contributed by atoms with van der Waals surface area (Å²) in [7, 11) is 1.55. The molecule has 0 atom stereocenters. The van der Waals surface area contributed by atoms with Gasteiger partial charge in [-0.3, -0.25) is 9.59 Å². The molecule has 0 radical (unpaired) electrons. The van der Waals surface area contributed by atoms with Crippen molar-refractivity contribution < 1.29 is 19.4 Å². The Labute approximate surface area is 152 Å². The lowest BCUT2D eigenvalue weighted by Gasteiger charge is -2.22. The normalized spacial score (nSPS) is 14.4. The molecule has 0 fully saturated rings. The van der Waals surface area contributed by atoms with Crippen molar-refractivity contribution in [2.75, 3.05) is 13.7 Å². The molecular weight excluding hydrogens is 332 g/mol. The molecule has 0 aliphatic heterocycles. The molecule has 3 N–H and O–H groups in total. The van der Waals surface area contributed by atoms with Crippen LogP contribution in [0.2, 0.25) is 0 Å². The molecule has 2 amide bonds. The van der Waals surface area contributed by atoms with Gasteiger partial charge in [-0.25, -0.2) is 0 Å². The highest BCUT2D eigenvalue weighted by atomic mass is 16.5. The Morgan fingerprint density at radius 1 is 1.00 bits per heavy atom. The van der Waals surface area contributed by atoms with E-state index in [9.17, 15) is 14.7 Å². The summed E-state index contributed by atoms with van der Waals surface area (Å²) in [5.74, 6) is -0.856. The number of para-hydroxylation sites is 1. The maximum Gasteiger partial charge on any atom is 0.309 e. The number of amides is 2. The first kappa shape index (κ1) is 17.9. The van der Waals surface area contributed by atoms with Gasteiger partial charge in [-0.2, -0.15) is 0 Å². The highest BCUT2D eigenvalue weighted by molar-refractivity contribution is 6.35. The van der Waals surface area contributed by atoms with Crippen LogP contribution in [0.15, 0.2) is 48.5 Å². The lowest BCUT2D eigenvalue weighted by atomic mass is 10.0. The third kappa shape index (κ3) is 4.03. The van der Waals surface area contributed by atoms with E-state index in [-0.39, 0.29) is 13.1 Å². The van der Waals surface area contributed by atoms with Crippen molar-refractivity contribution in [3.05, 3.63) is 65.2 Å². The fourth-order valence-electron chi connectivity index (χ4n) is 3.23. The molecule has 136 valence electrons. The molecule has 6 nitrogen and oxygen atoms in total. The standard InChI is InChI=1S/C20H22N2O4/c1-26-17-9-5-4-8-16(17)12-21-18(23)19(24)22-13-20(25)10-14-6-2-3-7-15(14)11-20/h2-9,25H,10-13H2,1H3,(H,21,23)(H,22,24). The fourth-order valence-corrected chi connectivity index (χ4v) is 3.23. The number of rotatable bonds is 5. The summed E-state index contributed by atoms with van der Waals surface area (Å²) in [5, 5.41) is 15.8. The van der Waals surface area contributed by atoms with Crippen LogP contribution in [0.25, 0.3) is 0 Å². The van der Waals surface area contributed by atoms with Crippen LogP contribution in [0.5, 0.6) is 5.75 Å². The third-order valence-electron chi connectivity index (χ3n) is 4.57. The molecule has 0 spiro atoms. The predicted octanol–water partition coefficient (Wildman–Crippen LogP) is 0.957. The van der Waals surface area contributed by atoms with Gasteiger partial charge >= 0.3 is 11.8 Å². The average Bonchev–Trinajstić information content (AvgIpc) is 3.00. The summed E-state index contributed by atoms with van der Waals surface area (Å²) in [5.41, 5.74) is 1.87. The van der Waals surface area contributed by atoms with Gasteiger partial charge in [0.15, 0.2) is 0 Å². The quantitative estimate of drug-likeness (QED) is 0.698. The molecule has 3 rings (SSSR count). The number of hydrogen-bond acceptors (Lipinski definition) is 4. The van der Waals surface area contributed by atoms with Crippen molar-refractivity contribution >= 4 is 11.8 Å². The van der Waals surface area contributed by atoms with E-state index >= 15 is 0 Å². The highest BCUT2D eigenvalue weighted by Gasteiger charge is 2.35. The number of ether oxygens (including phenoxy) is 1. The van der Waals surface area contributed by atoms with E-state index in [1.54, 1.807) is 13.2 Å². The van der Waals surface area contributed by atoms with Crippen LogP contribution in [0.1, 0.15) is 16.7 Å². The molecule has 1 aliphatic carbocycles. The molecule has 0 bridgehead atoms. The monoisotopic (exact) mass is 354 g/mol. The zero-order chi connectivity index (χ0) is 18.6. The van der Waals surface area contributed by atoms with Crippen molar-refractivity contribution in [2.45, 2.75) is 25.0 Å². The van der Waals surface area contributed by atoms with Gasteiger partial charge in [0.05, 0.1) is 12.7 Å². The van der Waals surface area contributed by atoms with Crippen molar-refractivity contribution in [1.29, 1.82) is 0 Å². The Kier molecular flexibility index (Phi) is 5.23. The number of carbonyl (C=O) groups excluding carboxylic acids is 2. The summed E-state index contributed by atoms with van der Waals surface area (Å²) in [6.07, 6.45) is 0.929. The first-order chi connectivity index (χ1) is 12.5. The summed E-state index contributed by atoms with van der Waals surface area (Å²) in [6.45, 7) is 0.217. The van der Waals surface area contributed by atoms with E-state index in [1.807, 2.05) is 42.5 Å². The highest BCUT2D eigenvalue weighted by Crippen LogP contribution is 2.29. The van der Waals surface area contributed by atoms with Gasteiger partial charge in [0, 0.05) is 31.5 Å². The largest absolute Gasteiger partial charge is 0.496 e. The lowest BCUT2D eigenvalue weighted by molar-refractivity contribution is -0.139. The zero-order valence-corrected chi connectivity index (χ0v) is 14.6. The summed E-state index contributed by atoms with van der Waals surface area (Å²) < 4.78 is 5.21. The molecule has 1 aliphatic rings. The Hall–Kier alpha value is -2.86. The minimum atomic E-state index is -1.05. The molecule has 0 heterocycles. The zero-order valence-electron chi connectivity index (χ0n) is 14.6. The first-order valence-electron chi connectivity index (χ1n) is 8.48. The van der Waals surface area contributed by atoms with Crippen molar-refractivity contribution in [3.63, 3.8) is 0 Å². The summed E-state index contributed by atoms with van der Waals surface area (Å²) in [6, 6.07) is 15.0. The van der Waals surface area contributed by atoms with Crippen molar-refractivity contribution in [2.24, 2.45) is 0 Å². The third-order valence-corrected chi connectivity index (χ3v) is 4.57. The van der Waals surface area contributed by atoms with Gasteiger partial charge in [-0.05, 0) is 17.2 Å². The van der Waals surface area contributed by atoms with Gasteiger partial charge in [0.2, 0.25) is 0 Å². The second kappa shape index (κ2) is 7.58. The number of carbonyl (C=O) groups is 2. The number of benzene rings is 2. The lowest BCUT2D eigenvalue weighted by Crippen LogP contribution is -2.48. The van der Waals surface area contributed by atoms with Crippen LogP contribution in [-0.2, 0) is 29.0 Å². The molecule has 2 aromatic rings. The van der Waals surface area contributed by atoms with Crippen molar-refractivity contribution in [1.82, 2.24) is 10.6 Å². The second-order valence-electron chi connectivity index (χ2n) is 6.52. The number of nitrogens with one attached hydrogen (secondary N) is 2. The van der Waals surface area contributed by atoms with Gasteiger partial charge < -0.3 is 20.5 Å². The Balaban J connectivity index is 1.50. The predicted molar refractivity (Wildman–Crippen MR) is 96.7 cm³/mol. The maximum atomic E-state index is 12.0. The molecule has 26 heavy (non-hydrogen) atoms. The van der Waals surface area contributed by atoms with E-state index in [4.69, 9.17) is 4.74 Å². The van der Waals surface area contributed by atoms with E-state index in [0.29, 0.717) is 18.6 Å². The molecule has 0 saturated heterocycles. The Morgan fingerprint density at radius 3 is 2.23 bits per heavy atom. The van der Waals surface area contributed by atoms with Crippen LogP contribution in [0.3, 0.4) is 0 Å². The number of aliphatic hydroxyl groups is 1. The topological polar surface area (TPSA) is 87.7 Å². The number of hydrogen-bond donors (Lipinski definition) is 3. The van der Waals surface area contributed by atoms with Gasteiger partial charge in [-0.1, -0.05) is 42.5 Å². The molecule has 6 heteroatoms. The molecule has 0 unspecified atom stereocenters. The Morgan fingerprint density at radius 2 is 1.58 bits per heavy atom. The smallest absolute Gasteiger partial charge is 0.309 e. The Bertz CT molecular complexity index is 794. The second-order valence-corrected chi connectivity index (χ2v) is 6.52. The van der Waals surface area contributed by atoms with Crippen LogP contribution in [-0.4, -0.2) is 36.2 Å². The summed E-state index contributed by atoms with van der Waals surface area (Å²) in [4.78, 5) is 24.0. The van der Waals surface area contributed by atoms with Crippen LogP contribution in [0, 0.1) is 0 Å². The van der Waals surface area contributed by atoms with E-state index in [2.05, 4.69) is 10.6 Å². The van der Waals surface area contributed by atoms with Crippen LogP contribution < -0.4 is 15.4 Å². The first-order valence-corrected chi connectivity index (χ1v) is 8.48. The maximum absolute atomic E-state index is 12.0. The number of methoxy groups -OCH3 is 1. The van der Waals surface area contributed by atoms with Crippen molar-refractivity contribution in [3.8, 4) is 5.75 Å². The van der Waals surface area contributed by atoms with E-state index < -0.39 is 17.4 Å². The minimum Gasteiger partial charge on any atom is -0.496 e. The van der Waals surface area contributed by atoms with Crippen LogP contribution >= 0.6 is 0 Å². The minimum absolute atomic E-state index is 0.0303. The molecule has 0 aromatic heterocycles. The molecular formula is C20H22N2O4. The average molecular weight is 354 g/mol. The van der Waals surface area contributed by atoms with Gasteiger partial charge in [0.1, 0.15) is 5.75 Å². The van der Waals surface area contributed by atoms with E-state index in [0.717, 1.165) is 16.7 Å². The fraction of sp³-hybridized carbons (Fsp3) is 0.300. The van der Waals surface area contributed by atoms with E-state index in [1.165, 1.54) is 0 Å². The number of fused-ring (bicyclic) bond motifs is 1.